The van der Waals surface area contributed by atoms with Gasteiger partial charge in [0.1, 0.15) is 11.6 Å². The molecule has 7 heteroatoms. The summed E-state index contributed by atoms with van der Waals surface area (Å²) in [7, 11) is 1.77. The fourth-order valence-corrected chi connectivity index (χ4v) is 4.28. The van der Waals surface area contributed by atoms with Crippen molar-refractivity contribution in [2.24, 2.45) is 4.99 Å². The fraction of sp³-hybridized carbons (Fsp3) is 0.500. The summed E-state index contributed by atoms with van der Waals surface area (Å²) >= 11 is 0. The van der Waals surface area contributed by atoms with Crippen molar-refractivity contribution in [3.63, 3.8) is 0 Å². The van der Waals surface area contributed by atoms with Crippen molar-refractivity contribution in [2.45, 2.75) is 31.7 Å². The van der Waals surface area contributed by atoms with E-state index in [4.69, 9.17) is 0 Å². The molecule has 2 heterocycles. The first kappa shape index (κ1) is 21.6. The number of piperazine rings is 1. The lowest BCUT2D eigenvalue weighted by atomic mass is 9.95. The zero-order valence-electron chi connectivity index (χ0n) is 18.6. The van der Waals surface area contributed by atoms with Crippen molar-refractivity contribution in [3.05, 3.63) is 59.5 Å². The van der Waals surface area contributed by atoms with E-state index in [1.165, 1.54) is 5.56 Å². The molecule has 1 saturated heterocycles. The van der Waals surface area contributed by atoms with E-state index in [-0.39, 0.29) is 11.2 Å². The van der Waals surface area contributed by atoms with Crippen molar-refractivity contribution < 1.29 is 4.39 Å². The van der Waals surface area contributed by atoms with Gasteiger partial charge < -0.3 is 20.4 Å². The number of hydrogen-bond donors (Lipinski definition) is 2. The van der Waals surface area contributed by atoms with E-state index in [0.717, 1.165) is 62.9 Å². The number of aliphatic imine (C=N–C) groups is 1. The van der Waals surface area contributed by atoms with Crippen LogP contribution in [-0.4, -0.2) is 62.2 Å². The Balaban J connectivity index is 1.31. The van der Waals surface area contributed by atoms with Crippen LogP contribution in [0.5, 0.6) is 0 Å². The largest absolute Gasteiger partial charge is 0.356 e. The SMILES string of the molecule is CCN1CCN(c2cc(CNC(=NC)NCC3(c4ccccc4F)CC3)ccn2)CC1. The number of nitrogens with one attached hydrogen (secondary N) is 2. The second-order valence-corrected chi connectivity index (χ2v) is 8.48. The minimum absolute atomic E-state index is 0.117. The van der Waals surface area contributed by atoms with Crippen LogP contribution in [0.1, 0.15) is 30.9 Å². The molecule has 2 aliphatic rings. The van der Waals surface area contributed by atoms with Crippen LogP contribution in [0.3, 0.4) is 0 Å². The predicted molar refractivity (Wildman–Crippen MR) is 124 cm³/mol. The number of halogens is 1. The highest BCUT2D eigenvalue weighted by molar-refractivity contribution is 5.79. The van der Waals surface area contributed by atoms with Crippen molar-refractivity contribution in [2.75, 3.05) is 51.2 Å². The van der Waals surface area contributed by atoms with Crippen LogP contribution in [0, 0.1) is 5.82 Å². The second kappa shape index (κ2) is 9.64. The van der Waals surface area contributed by atoms with Gasteiger partial charge in [-0.05, 0) is 48.7 Å². The first-order valence-electron chi connectivity index (χ1n) is 11.3. The first-order valence-corrected chi connectivity index (χ1v) is 11.3. The monoisotopic (exact) mass is 424 g/mol. The summed E-state index contributed by atoms with van der Waals surface area (Å²) in [6.45, 7) is 8.85. The molecule has 0 amide bonds. The molecule has 1 saturated carbocycles. The summed E-state index contributed by atoms with van der Waals surface area (Å²) < 4.78 is 14.2. The molecule has 166 valence electrons. The molecule has 0 bridgehead atoms. The number of hydrogen-bond acceptors (Lipinski definition) is 4. The molecule has 4 rings (SSSR count). The molecular formula is C24H33FN6. The third kappa shape index (κ3) is 5.15. The van der Waals surface area contributed by atoms with Gasteiger partial charge in [-0.2, -0.15) is 0 Å². The van der Waals surface area contributed by atoms with Crippen molar-refractivity contribution in [1.82, 2.24) is 20.5 Å². The molecule has 0 radical (unpaired) electrons. The lowest BCUT2D eigenvalue weighted by Crippen LogP contribution is -2.46. The maximum atomic E-state index is 14.2. The molecule has 2 aromatic rings. The van der Waals surface area contributed by atoms with Gasteiger partial charge >= 0.3 is 0 Å². The predicted octanol–water partition coefficient (Wildman–Crippen LogP) is 2.76. The molecule has 0 unspecified atom stereocenters. The Morgan fingerprint density at radius 1 is 1.13 bits per heavy atom. The quantitative estimate of drug-likeness (QED) is 0.529. The molecule has 1 aromatic heterocycles. The van der Waals surface area contributed by atoms with E-state index in [2.05, 4.69) is 43.4 Å². The normalized spacial score (nSPS) is 18.7. The van der Waals surface area contributed by atoms with E-state index < -0.39 is 0 Å². The van der Waals surface area contributed by atoms with Crippen LogP contribution >= 0.6 is 0 Å². The van der Waals surface area contributed by atoms with Gasteiger partial charge in [0.15, 0.2) is 5.96 Å². The number of rotatable bonds is 7. The molecule has 2 N–H and O–H groups in total. The first-order chi connectivity index (χ1) is 15.1. The van der Waals surface area contributed by atoms with Gasteiger partial charge in [0.25, 0.3) is 0 Å². The minimum Gasteiger partial charge on any atom is -0.356 e. The summed E-state index contributed by atoms with van der Waals surface area (Å²) in [5.74, 6) is 1.65. The molecule has 1 aromatic carbocycles. The van der Waals surface area contributed by atoms with Crippen LogP contribution in [0.4, 0.5) is 10.2 Å². The van der Waals surface area contributed by atoms with Crippen LogP contribution in [0.2, 0.25) is 0 Å². The summed E-state index contributed by atoms with van der Waals surface area (Å²) in [5, 5.41) is 6.79. The van der Waals surface area contributed by atoms with Gasteiger partial charge in [-0.1, -0.05) is 25.1 Å². The van der Waals surface area contributed by atoms with E-state index in [1.54, 1.807) is 19.2 Å². The smallest absolute Gasteiger partial charge is 0.191 e. The van der Waals surface area contributed by atoms with Crippen LogP contribution < -0.4 is 15.5 Å². The highest BCUT2D eigenvalue weighted by atomic mass is 19.1. The Kier molecular flexibility index (Phi) is 6.70. The molecule has 1 aliphatic carbocycles. The average molecular weight is 425 g/mol. The van der Waals surface area contributed by atoms with Gasteiger partial charge in [-0.3, -0.25) is 4.99 Å². The number of aromatic nitrogens is 1. The number of nitrogens with zero attached hydrogens (tertiary/aromatic N) is 4. The number of benzene rings is 1. The van der Waals surface area contributed by atoms with Crippen LogP contribution in [0.15, 0.2) is 47.6 Å². The Morgan fingerprint density at radius 2 is 1.90 bits per heavy atom. The Labute approximate surface area is 184 Å². The number of guanidine groups is 1. The molecule has 2 fully saturated rings. The molecule has 31 heavy (non-hydrogen) atoms. The fourth-order valence-electron chi connectivity index (χ4n) is 4.28. The summed E-state index contributed by atoms with van der Waals surface area (Å²) in [6.07, 6.45) is 3.87. The van der Waals surface area contributed by atoms with Crippen molar-refractivity contribution in [1.29, 1.82) is 0 Å². The molecule has 6 nitrogen and oxygen atoms in total. The maximum Gasteiger partial charge on any atom is 0.191 e. The maximum absolute atomic E-state index is 14.2. The topological polar surface area (TPSA) is 55.8 Å². The van der Waals surface area contributed by atoms with Gasteiger partial charge in [0.05, 0.1) is 0 Å². The minimum atomic E-state index is -0.118. The Bertz CT molecular complexity index is 902. The standard InChI is InChI=1S/C24H33FN6/c1-3-30-12-14-31(15-13-30)22-16-19(8-11-27-22)17-28-23(26-2)29-18-24(9-10-24)20-6-4-5-7-21(20)25/h4-8,11,16H,3,9-10,12-15,17-18H2,1-2H3,(H2,26,28,29). The third-order valence-electron chi connectivity index (χ3n) is 6.53. The lowest BCUT2D eigenvalue weighted by molar-refractivity contribution is 0.270. The van der Waals surface area contributed by atoms with Crippen molar-refractivity contribution in [3.8, 4) is 0 Å². The average Bonchev–Trinajstić information content (AvgIpc) is 3.60. The van der Waals surface area contributed by atoms with Crippen LogP contribution in [0.25, 0.3) is 0 Å². The second-order valence-electron chi connectivity index (χ2n) is 8.48. The summed E-state index contributed by atoms with van der Waals surface area (Å²) in [4.78, 5) is 13.7. The third-order valence-corrected chi connectivity index (χ3v) is 6.53. The number of anilines is 1. The highest BCUT2D eigenvalue weighted by Gasteiger charge is 2.45. The summed E-state index contributed by atoms with van der Waals surface area (Å²) in [5.41, 5.74) is 1.86. The molecular weight excluding hydrogens is 391 g/mol. The van der Waals surface area contributed by atoms with E-state index in [9.17, 15) is 4.39 Å². The van der Waals surface area contributed by atoms with E-state index in [0.29, 0.717) is 13.1 Å². The van der Waals surface area contributed by atoms with Gasteiger partial charge in [-0.25, -0.2) is 9.37 Å². The number of pyridine rings is 1. The lowest BCUT2D eigenvalue weighted by Gasteiger charge is -2.34. The zero-order chi connectivity index (χ0) is 21.7. The Hall–Kier alpha value is -2.67. The zero-order valence-corrected chi connectivity index (χ0v) is 18.6. The molecule has 0 spiro atoms. The van der Waals surface area contributed by atoms with Crippen LogP contribution in [-0.2, 0) is 12.0 Å². The van der Waals surface area contributed by atoms with Gasteiger partial charge in [0.2, 0.25) is 0 Å². The van der Waals surface area contributed by atoms with Gasteiger partial charge in [0, 0.05) is 57.9 Å². The van der Waals surface area contributed by atoms with E-state index in [1.807, 2.05) is 24.4 Å². The highest BCUT2D eigenvalue weighted by Crippen LogP contribution is 2.48. The summed E-state index contributed by atoms with van der Waals surface area (Å²) in [6, 6.07) is 11.3. The Morgan fingerprint density at radius 3 is 2.58 bits per heavy atom. The number of likely N-dealkylation sites (N-methyl/N-ethyl adjacent to an activating group) is 1. The van der Waals surface area contributed by atoms with Crippen molar-refractivity contribution >= 4 is 11.8 Å². The molecule has 0 atom stereocenters. The van der Waals surface area contributed by atoms with E-state index >= 15 is 0 Å². The molecule has 1 aliphatic heterocycles. The van der Waals surface area contributed by atoms with Gasteiger partial charge in [-0.15, -0.1) is 0 Å².